The Bertz CT molecular complexity index is 422. The second kappa shape index (κ2) is 6.23. The molecule has 0 fully saturated rings. The fraction of sp³-hybridized carbons (Fsp3) is 0.500. The molecule has 0 spiro atoms. The molecule has 0 bridgehead atoms. The Balaban J connectivity index is 2.73. The summed E-state index contributed by atoms with van der Waals surface area (Å²) < 4.78 is 6.70. The van der Waals surface area contributed by atoms with Crippen molar-refractivity contribution in [3.63, 3.8) is 0 Å². The van der Waals surface area contributed by atoms with Crippen LogP contribution in [-0.4, -0.2) is 17.7 Å². The normalized spacial score (nSPS) is 11.3. The molecule has 100 valence electrons. The molecule has 4 heteroatoms. The van der Waals surface area contributed by atoms with Crippen LogP contribution in [0.5, 0.6) is 5.75 Å². The highest BCUT2D eigenvalue weighted by Gasteiger charge is 2.19. The molecule has 1 rings (SSSR count). The van der Waals surface area contributed by atoms with Gasteiger partial charge in [-0.3, -0.25) is 4.79 Å². The third-order valence-electron chi connectivity index (χ3n) is 2.54. The van der Waals surface area contributed by atoms with Crippen molar-refractivity contribution in [2.75, 3.05) is 6.61 Å². The molecule has 0 atom stereocenters. The standard InChI is InChI=1S/C14H19BrO3/c1-14(2,3)11-9-10(15)6-7-12(11)18-8-4-5-13(16)17/h6-7,9H,4-5,8H2,1-3H3,(H,16,17). The Kier molecular flexibility index (Phi) is 5.20. The molecule has 3 nitrogen and oxygen atoms in total. The quantitative estimate of drug-likeness (QED) is 0.836. The number of hydrogen-bond acceptors (Lipinski definition) is 2. The molecular formula is C14H19BrO3. The largest absolute Gasteiger partial charge is 0.493 e. The number of carboxylic acid groups (broad SMARTS) is 1. The molecule has 0 unspecified atom stereocenters. The highest BCUT2D eigenvalue weighted by molar-refractivity contribution is 9.10. The van der Waals surface area contributed by atoms with Crippen LogP contribution in [0.3, 0.4) is 0 Å². The monoisotopic (exact) mass is 314 g/mol. The zero-order valence-corrected chi connectivity index (χ0v) is 12.6. The first kappa shape index (κ1) is 15.0. The lowest BCUT2D eigenvalue weighted by atomic mass is 9.86. The van der Waals surface area contributed by atoms with E-state index >= 15 is 0 Å². The Morgan fingerprint density at radius 2 is 2.06 bits per heavy atom. The smallest absolute Gasteiger partial charge is 0.303 e. The summed E-state index contributed by atoms with van der Waals surface area (Å²) in [5.74, 6) is 0.0431. The van der Waals surface area contributed by atoms with Crippen LogP contribution in [0, 0.1) is 0 Å². The summed E-state index contributed by atoms with van der Waals surface area (Å²) in [5.41, 5.74) is 1.11. The van der Waals surface area contributed by atoms with Gasteiger partial charge in [0, 0.05) is 16.5 Å². The van der Waals surface area contributed by atoms with E-state index in [0.29, 0.717) is 13.0 Å². The molecule has 0 aliphatic rings. The van der Waals surface area contributed by atoms with Crippen LogP contribution in [0.2, 0.25) is 0 Å². The van der Waals surface area contributed by atoms with E-state index in [1.807, 2.05) is 18.2 Å². The van der Waals surface area contributed by atoms with Gasteiger partial charge in [0.2, 0.25) is 0 Å². The maximum atomic E-state index is 10.4. The van der Waals surface area contributed by atoms with Crippen molar-refractivity contribution in [1.82, 2.24) is 0 Å². The van der Waals surface area contributed by atoms with Crippen LogP contribution in [0.25, 0.3) is 0 Å². The minimum Gasteiger partial charge on any atom is -0.493 e. The Hall–Kier alpha value is -1.03. The molecule has 0 aliphatic carbocycles. The number of carbonyl (C=O) groups is 1. The van der Waals surface area contributed by atoms with Crippen molar-refractivity contribution in [1.29, 1.82) is 0 Å². The highest BCUT2D eigenvalue weighted by Crippen LogP contribution is 2.33. The Labute approximate surface area is 116 Å². The highest BCUT2D eigenvalue weighted by atomic mass is 79.9. The maximum Gasteiger partial charge on any atom is 0.303 e. The van der Waals surface area contributed by atoms with Gasteiger partial charge in [0.1, 0.15) is 5.75 Å². The second-order valence-electron chi connectivity index (χ2n) is 5.24. The number of benzene rings is 1. The molecule has 0 aliphatic heterocycles. The zero-order valence-electron chi connectivity index (χ0n) is 11.0. The second-order valence-corrected chi connectivity index (χ2v) is 6.15. The molecule has 1 N–H and O–H groups in total. The van der Waals surface area contributed by atoms with Crippen molar-refractivity contribution in [3.05, 3.63) is 28.2 Å². The van der Waals surface area contributed by atoms with Crippen LogP contribution >= 0.6 is 15.9 Å². The lowest BCUT2D eigenvalue weighted by molar-refractivity contribution is -0.137. The van der Waals surface area contributed by atoms with E-state index in [1.54, 1.807) is 0 Å². The average Bonchev–Trinajstić information content (AvgIpc) is 2.24. The molecule has 0 heterocycles. The summed E-state index contributed by atoms with van der Waals surface area (Å²) in [7, 11) is 0. The van der Waals surface area contributed by atoms with Crippen LogP contribution in [0.15, 0.2) is 22.7 Å². The number of hydrogen-bond donors (Lipinski definition) is 1. The summed E-state index contributed by atoms with van der Waals surface area (Å²) in [6.07, 6.45) is 0.663. The number of ether oxygens (including phenoxy) is 1. The number of aliphatic carboxylic acids is 1. The average molecular weight is 315 g/mol. The van der Waals surface area contributed by atoms with E-state index in [9.17, 15) is 4.79 Å². The molecule has 18 heavy (non-hydrogen) atoms. The fourth-order valence-electron chi connectivity index (χ4n) is 1.62. The van der Waals surface area contributed by atoms with Crippen molar-refractivity contribution >= 4 is 21.9 Å². The van der Waals surface area contributed by atoms with Crippen LogP contribution in [0.4, 0.5) is 0 Å². The molecule has 0 aromatic heterocycles. The third-order valence-corrected chi connectivity index (χ3v) is 3.04. The minimum atomic E-state index is -0.787. The first-order valence-electron chi connectivity index (χ1n) is 5.95. The van der Waals surface area contributed by atoms with Gasteiger partial charge >= 0.3 is 5.97 Å². The van der Waals surface area contributed by atoms with Gasteiger partial charge < -0.3 is 9.84 Å². The number of carboxylic acids is 1. The summed E-state index contributed by atoms with van der Waals surface area (Å²) in [6.45, 7) is 6.80. The zero-order chi connectivity index (χ0) is 13.8. The Morgan fingerprint density at radius 1 is 1.39 bits per heavy atom. The van der Waals surface area contributed by atoms with Crippen LogP contribution < -0.4 is 4.74 Å². The van der Waals surface area contributed by atoms with E-state index in [4.69, 9.17) is 9.84 Å². The van der Waals surface area contributed by atoms with Gasteiger partial charge in [0.05, 0.1) is 6.61 Å². The van der Waals surface area contributed by atoms with Gasteiger partial charge in [-0.25, -0.2) is 0 Å². The van der Waals surface area contributed by atoms with E-state index in [1.165, 1.54) is 0 Å². The minimum absolute atomic E-state index is 0.00802. The Morgan fingerprint density at radius 3 is 2.61 bits per heavy atom. The topological polar surface area (TPSA) is 46.5 Å². The first-order valence-corrected chi connectivity index (χ1v) is 6.74. The molecule has 0 saturated carbocycles. The summed E-state index contributed by atoms with van der Waals surface area (Å²) in [4.78, 5) is 10.4. The predicted molar refractivity (Wildman–Crippen MR) is 75.2 cm³/mol. The molecule has 0 amide bonds. The van der Waals surface area contributed by atoms with E-state index in [2.05, 4.69) is 36.7 Å². The van der Waals surface area contributed by atoms with Crippen molar-refractivity contribution in [2.24, 2.45) is 0 Å². The molecule has 1 aromatic carbocycles. The number of rotatable bonds is 5. The van der Waals surface area contributed by atoms with Gasteiger partial charge in [-0.05, 0) is 30.0 Å². The van der Waals surface area contributed by atoms with E-state index < -0.39 is 5.97 Å². The number of halogens is 1. The first-order chi connectivity index (χ1) is 8.30. The summed E-state index contributed by atoms with van der Waals surface area (Å²) >= 11 is 3.46. The van der Waals surface area contributed by atoms with Gasteiger partial charge in [-0.1, -0.05) is 36.7 Å². The van der Waals surface area contributed by atoms with Gasteiger partial charge in [-0.2, -0.15) is 0 Å². The van der Waals surface area contributed by atoms with Gasteiger partial charge in [0.15, 0.2) is 0 Å². The molecule has 0 radical (unpaired) electrons. The molecular weight excluding hydrogens is 296 g/mol. The fourth-order valence-corrected chi connectivity index (χ4v) is 1.98. The van der Waals surface area contributed by atoms with Gasteiger partial charge in [0.25, 0.3) is 0 Å². The van der Waals surface area contributed by atoms with Crippen LogP contribution in [0.1, 0.15) is 39.2 Å². The molecule has 0 saturated heterocycles. The van der Waals surface area contributed by atoms with Crippen molar-refractivity contribution in [2.45, 2.75) is 39.0 Å². The molecule has 1 aromatic rings. The van der Waals surface area contributed by atoms with E-state index in [0.717, 1.165) is 15.8 Å². The van der Waals surface area contributed by atoms with Crippen molar-refractivity contribution < 1.29 is 14.6 Å². The van der Waals surface area contributed by atoms with Crippen molar-refractivity contribution in [3.8, 4) is 5.75 Å². The SMILES string of the molecule is CC(C)(C)c1cc(Br)ccc1OCCCC(=O)O. The lowest BCUT2D eigenvalue weighted by Crippen LogP contribution is -2.14. The van der Waals surface area contributed by atoms with Crippen LogP contribution in [-0.2, 0) is 10.2 Å². The van der Waals surface area contributed by atoms with E-state index in [-0.39, 0.29) is 11.8 Å². The summed E-state index contributed by atoms with van der Waals surface area (Å²) in [5, 5.41) is 8.57. The summed E-state index contributed by atoms with van der Waals surface area (Å²) in [6, 6.07) is 5.90. The maximum absolute atomic E-state index is 10.4. The third kappa shape index (κ3) is 4.69. The van der Waals surface area contributed by atoms with Gasteiger partial charge in [-0.15, -0.1) is 0 Å². The predicted octanol–water partition coefficient (Wildman–Crippen LogP) is 3.99. The lowest BCUT2D eigenvalue weighted by Gasteiger charge is -2.23.